The van der Waals surface area contributed by atoms with E-state index in [0.29, 0.717) is 0 Å². The van der Waals surface area contributed by atoms with Crippen LogP contribution in [0, 0.1) is 6.92 Å². The highest BCUT2D eigenvalue weighted by atomic mass is 28.3. The lowest BCUT2D eigenvalue weighted by Gasteiger charge is -2.29. The monoisotopic (exact) mass is 809 g/mol. The highest BCUT2D eigenvalue weighted by Crippen LogP contribution is 2.51. The van der Waals surface area contributed by atoms with Gasteiger partial charge in [-0.3, -0.25) is 0 Å². The van der Waals surface area contributed by atoms with Crippen molar-refractivity contribution in [3.05, 3.63) is 188 Å². The van der Waals surface area contributed by atoms with Crippen molar-refractivity contribution in [2.24, 2.45) is 0 Å². The molecule has 8 aromatic carbocycles. The predicted octanol–water partition coefficient (Wildman–Crippen LogP) is 12.3. The van der Waals surface area contributed by atoms with E-state index in [4.69, 9.17) is 4.74 Å². The van der Waals surface area contributed by atoms with Gasteiger partial charge in [-0.05, 0) is 88.3 Å². The molecule has 0 N–H and O–H groups in total. The zero-order valence-electron chi connectivity index (χ0n) is 35.9. The maximum Gasteiger partial charge on any atom is 0.241 e. The van der Waals surface area contributed by atoms with E-state index in [2.05, 4.69) is 228 Å². The van der Waals surface area contributed by atoms with Crippen molar-refractivity contribution in [2.45, 2.75) is 46.2 Å². The van der Waals surface area contributed by atoms with Gasteiger partial charge in [-0.2, -0.15) is 0 Å². The molecular weight excluding hydrogens is 758 g/mol. The second-order valence-electron chi connectivity index (χ2n) is 18.3. The van der Waals surface area contributed by atoms with E-state index in [9.17, 15) is 0 Å². The van der Waals surface area contributed by atoms with Gasteiger partial charge in [0.25, 0.3) is 0 Å². The molecule has 0 aromatic heterocycles. The van der Waals surface area contributed by atoms with Crippen LogP contribution in [0.4, 0.5) is 17.1 Å². The summed E-state index contributed by atoms with van der Waals surface area (Å²) in [7, 11) is -2.95. The van der Waals surface area contributed by atoms with Gasteiger partial charge in [0.05, 0.1) is 16.1 Å². The minimum Gasteiger partial charge on any atom is -0.456 e. The van der Waals surface area contributed by atoms with E-state index in [1.54, 1.807) is 0 Å². The van der Waals surface area contributed by atoms with Crippen molar-refractivity contribution in [3.63, 3.8) is 0 Å². The number of allylic oxidation sites excluding steroid dienone is 2. The van der Waals surface area contributed by atoms with Crippen LogP contribution >= 0.6 is 0 Å². The molecule has 0 radical (unpaired) electrons. The van der Waals surface area contributed by atoms with E-state index in [1.165, 1.54) is 59.6 Å². The van der Waals surface area contributed by atoms with Crippen LogP contribution in [0.25, 0.3) is 38.7 Å². The summed E-state index contributed by atoms with van der Waals surface area (Å²) in [5.41, 5.74) is 11.9. The summed E-state index contributed by atoms with van der Waals surface area (Å²) >= 11 is 0. The summed E-state index contributed by atoms with van der Waals surface area (Å²) in [5, 5.41) is 7.68. The molecular formula is C55H52BNOSi2. The normalized spacial score (nSPS) is 12.4. The van der Waals surface area contributed by atoms with Crippen LogP contribution in [0.1, 0.15) is 11.1 Å². The quantitative estimate of drug-likeness (QED) is 0.0775. The van der Waals surface area contributed by atoms with Gasteiger partial charge >= 0.3 is 0 Å². The molecule has 0 fully saturated rings. The number of hydrogen-bond acceptors (Lipinski definition) is 2. The smallest absolute Gasteiger partial charge is 0.241 e. The van der Waals surface area contributed by atoms with Crippen LogP contribution < -0.4 is 36.4 Å². The fourth-order valence-electron chi connectivity index (χ4n) is 9.03. The van der Waals surface area contributed by atoms with Gasteiger partial charge in [-0.25, -0.2) is 0 Å². The molecule has 1 aliphatic rings. The molecule has 0 unspecified atom stereocenters. The van der Waals surface area contributed by atoms with Gasteiger partial charge in [0, 0.05) is 34.1 Å². The molecule has 9 rings (SSSR count). The first-order valence-electron chi connectivity index (χ1n) is 21.2. The lowest BCUT2D eigenvalue weighted by molar-refractivity contribution is 0.487. The van der Waals surface area contributed by atoms with Crippen molar-refractivity contribution in [2.75, 3.05) is 4.90 Å². The summed E-state index contributed by atoms with van der Waals surface area (Å²) < 4.78 is 6.98. The Balaban J connectivity index is 1.24. The van der Waals surface area contributed by atoms with Crippen molar-refractivity contribution < 1.29 is 4.74 Å². The van der Waals surface area contributed by atoms with Crippen LogP contribution in [0.15, 0.2) is 176 Å². The van der Waals surface area contributed by atoms with Gasteiger partial charge in [-0.15, -0.1) is 0 Å². The maximum atomic E-state index is 6.98. The van der Waals surface area contributed by atoms with E-state index in [1.807, 2.05) is 6.08 Å². The molecule has 1 heterocycles. The third kappa shape index (κ3) is 7.16. The number of anilines is 3. The first kappa shape index (κ1) is 39.3. The Morgan fingerprint density at radius 1 is 0.533 bits per heavy atom. The number of rotatable bonds is 10. The lowest BCUT2D eigenvalue weighted by Crippen LogP contribution is -2.53. The van der Waals surface area contributed by atoms with Gasteiger partial charge in [-0.1, -0.05) is 194 Å². The van der Waals surface area contributed by atoms with Gasteiger partial charge in [0.1, 0.15) is 11.5 Å². The van der Waals surface area contributed by atoms with E-state index >= 15 is 0 Å². The predicted molar refractivity (Wildman–Crippen MR) is 269 cm³/mol. The summed E-state index contributed by atoms with van der Waals surface area (Å²) in [6.45, 7) is 20.8. The number of benzene rings is 8. The Kier molecular flexibility index (Phi) is 10.1. The fourth-order valence-corrected chi connectivity index (χ4v) is 11.4. The lowest BCUT2D eigenvalue weighted by atomic mass is 9.36. The van der Waals surface area contributed by atoms with Crippen molar-refractivity contribution >= 4 is 94.3 Å². The molecule has 8 aromatic rings. The maximum absolute atomic E-state index is 6.98. The molecule has 0 aliphatic carbocycles. The summed E-state index contributed by atoms with van der Waals surface area (Å²) in [6, 6.07) is 58.4. The topological polar surface area (TPSA) is 12.5 Å². The second kappa shape index (κ2) is 15.5. The van der Waals surface area contributed by atoms with Gasteiger partial charge < -0.3 is 9.64 Å². The molecule has 294 valence electrons. The molecule has 1 aliphatic heterocycles. The molecule has 5 heteroatoms. The molecule has 0 saturated carbocycles. The SMILES string of the molecule is C=C/C=C\c1c(C)c(B(c2ccccc2)c2ccccc2)cc2c1cc1c3c(cccc32)Oc2cc(N(c3ccc([Si](C)(C)C)cc3)c3ccc([Si](C)(C)C)cc3)ccc2-1. The van der Waals surface area contributed by atoms with Crippen LogP contribution in [0.2, 0.25) is 39.3 Å². The second-order valence-corrected chi connectivity index (χ2v) is 28.4. The fraction of sp³-hybridized carbons (Fsp3) is 0.127. The molecule has 0 saturated heterocycles. The number of hydrogen-bond donors (Lipinski definition) is 0. The van der Waals surface area contributed by atoms with Crippen molar-refractivity contribution in [3.8, 4) is 22.6 Å². The third-order valence-corrected chi connectivity index (χ3v) is 16.4. The molecule has 0 bridgehead atoms. The standard InChI is InChI=1S/C55H52BNOSi2/c1-9-10-22-46-38(2)52(56(39-18-13-11-14-19-39)40-20-15-12-16-21-40)37-50-48-23-17-24-53-55(48)51(36-49(46)50)47-34-29-43(35-54(47)58-53)57(41-25-30-44(31-26-41)59(3,4)5)42-27-32-45(33-28-42)60(6,7)8/h9-37H,1H2,2-8H3/b22-10-. The summed E-state index contributed by atoms with van der Waals surface area (Å²) in [6.07, 6.45) is 6.19. The van der Waals surface area contributed by atoms with E-state index < -0.39 is 16.1 Å². The van der Waals surface area contributed by atoms with Crippen LogP contribution in [0.3, 0.4) is 0 Å². The highest BCUT2D eigenvalue weighted by Gasteiger charge is 2.29. The Bertz CT molecular complexity index is 2830. The molecule has 0 atom stereocenters. The largest absolute Gasteiger partial charge is 0.456 e. The summed E-state index contributed by atoms with van der Waals surface area (Å²) in [5.74, 6) is 1.74. The van der Waals surface area contributed by atoms with Gasteiger partial charge in [0.2, 0.25) is 6.71 Å². The van der Waals surface area contributed by atoms with E-state index in [-0.39, 0.29) is 6.71 Å². The number of nitrogens with zero attached hydrogens (tertiary/aromatic N) is 1. The summed E-state index contributed by atoms with van der Waals surface area (Å²) in [4.78, 5) is 2.38. The molecule has 0 amide bonds. The number of ether oxygens (including phenoxy) is 1. The average Bonchev–Trinajstić information content (AvgIpc) is 3.24. The highest BCUT2D eigenvalue weighted by molar-refractivity contribution is 6.96. The zero-order valence-corrected chi connectivity index (χ0v) is 37.9. The molecule has 0 spiro atoms. The Labute approximate surface area is 358 Å². The number of fused-ring (bicyclic) bond motifs is 4. The first-order chi connectivity index (χ1) is 28.9. The molecule has 2 nitrogen and oxygen atoms in total. The minimum absolute atomic E-state index is 0.0651. The Hall–Kier alpha value is -6.14. The van der Waals surface area contributed by atoms with Crippen LogP contribution in [-0.4, -0.2) is 22.9 Å². The third-order valence-electron chi connectivity index (χ3n) is 12.3. The van der Waals surface area contributed by atoms with E-state index in [0.717, 1.165) is 39.5 Å². The Morgan fingerprint density at radius 3 is 1.65 bits per heavy atom. The Morgan fingerprint density at radius 2 is 1.10 bits per heavy atom. The zero-order chi connectivity index (χ0) is 41.8. The van der Waals surface area contributed by atoms with Gasteiger partial charge in [0.15, 0.2) is 0 Å². The minimum atomic E-state index is -1.47. The first-order valence-corrected chi connectivity index (χ1v) is 28.2. The molecule has 60 heavy (non-hydrogen) atoms. The van der Waals surface area contributed by atoms with Crippen molar-refractivity contribution in [1.82, 2.24) is 0 Å². The average molecular weight is 810 g/mol. The van der Waals surface area contributed by atoms with Crippen molar-refractivity contribution in [1.29, 1.82) is 0 Å². The van der Waals surface area contributed by atoms with Crippen LogP contribution in [-0.2, 0) is 0 Å². The van der Waals surface area contributed by atoms with Crippen LogP contribution in [0.5, 0.6) is 11.5 Å².